The number of nitrogens with zero attached hydrogens (tertiary/aromatic N) is 2. The molecule has 3 nitrogen and oxygen atoms in total. The molecule has 0 unspecified atom stereocenters. The average Bonchev–Trinajstić information content (AvgIpc) is 2.78. The summed E-state index contributed by atoms with van der Waals surface area (Å²) in [4.78, 5) is 18.4. The maximum absolute atomic E-state index is 11.3. The smallest absolute Gasteiger partial charge is 0.133 e. The van der Waals surface area contributed by atoms with Crippen LogP contribution in [-0.4, -0.2) is 28.8 Å². The lowest BCUT2D eigenvalue weighted by Gasteiger charge is -2.30. The monoisotopic (exact) mass is 266 g/mol. The van der Waals surface area contributed by atoms with Crippen LogP contribution in [0.15, 0.2) is 5.38 Å². The van der Waals surface area contributed by atoms with E-state index in [0.717, 1.165) is 45.3 Å². The lowest BCUT2D eigenvalue weighted by atomic mass is 9.93. The Hall–Kier alpha value is -0.740. The Morgan fingerprint density at radius 3 is 2.83 bits per heavy atom. The van der Waals surface area contributed by atoms with Gasteiger partial charge in [-0.3, -0.25) is 9.69 Å². The van der Waals surface area contributed by atoms with E-state index in [1.165, 1.54) is 10.7 Å². The second kappa shape index (κ2) is 6.43. The number of aryl methyl sites for hydroxylation is 1. The third-order valence-corrected chi connectivity index (χ3v) is 4.57. The fourth-order valence-electron chi connectivity index (χ4n) is 2.48. The van der Waals surface area contributed by atoms with Gasteiger partial charge in [-0.15, -0.1) is 11.3 Å². The first kappa shape index (κ1) is 13.7. The molecule has 1 aliphatic heterocycles. The number of piperidine rings is 1. The van der Waals surface area contributed by atoms with Crippen molar-refractivity contribution in [3.8, 4) is 0 Å². The second-order valence-electron chi connectivity index (χ2n) is 5.14. The van der Waals surface area contributed by atoms with Crippen molar-refractivity contribution in [2.45, 2.75) is 46.1 Å². The maximum atomic E-state index is 11.3. The van der Waals surface area contributed by atoms with Gasteiger partial charge in [-0.2, -0.15) is 0 Å². The van der Waals surface area contributed by atoms with E-state index in [1.54, 1.807) is 18.3 Å². The number of likely N-dealkylation sites (tertiary alicyclic amines) is 1. The van der Waals surface area contributed by atoms with Crippen molar-refractivity contribution in [1.82, 2.24) is 9.88 Å². The molecule has 0 bridgehead atoms. The molecule has 0 amide bonds. The zero-order valence-corrected chi connectivity index (χ0v) is 12.1. The first-order valence-electron chi connectivity index (χ1n) is 6.85. The predicted molar refractivity (Wildman–Crippen MR) is 74.8 cm³/mol. The summed E-state index contributed by atoms with van der Waals surface area (Å²) in [7, 11) is 0. The minimum Gasteiger partial charge on any atom is -0.300 e. The molecule has 2 heterocycles. The summed E-state index contributed by atoms with van der Waals surface area (Å²) in [5, 5.41) is 3.44. The minimum atomic E-state index is 0.298. The van der Waals surface area contributed by atoms with Crippen LogP contribution < -0.4 is 0 Å². The molecule has 2 rings (SSSR count). The summed E-state index contributed by atoms with van der Waals surface area (Å²) in [5.74, 6) is 0.654. The van der Waals surface area contributed by atoms with Gasteiger partial charge in [0.2, 0.25) is 0 Å². The quantitative estimate of drug-likeness (QED) is 0.821. The van der Waals surface area contributed by atoms with Crippen molar-refractivity contribution in [2.24, 2.45) is 5.92 Å². The van der Waals surface area contributed by atoms with Gasteiger partial charge in [0.1, 0.15) is 5.78 Å². The van der Waals surface area contributed by atoms with E-state index >= 15 is 0 Å². The van der Waals surface area contributed by atoms with Crippen molar-refractivity contribution in [3.63, 3.8) is 0 Å². The number of thiazole rings is 1. The summed E-state index contributed by atoms with van der Waals surface area (Å²) in [6, 6.07) is 0. The second-order valence-corrected chi connectivity index (χ2v) is 6.09. The Morgan fingerprint density at radius 1 is 1.50 bits per heavy atom. The number of Topliss-reactive ketones (excluding diaryl/α,β-unsaturated/α-hetero) is 1. The van der Waals surface area contributed by atoms with Crippen LogP contribution in [0.5, 0.6) is 0 Å². The van der Waals surface area contributed by atoms with Crippen molar-refractivity contribution in [3.05, 3.63) is 16.1 Å². The highest BCUT2D eigenvalue weighted by molar-refractivity contribution is 7.09. The Labute approximate surface area is 113 Å². The van der Waals surface area contributed by atoms with Crippen LogP contribution in [0.2, 0.25) is 0 Å². The molecule has 0 atom stereocenters. The third-order valence-electron chi connectivity index (χ3n) is 3.61. The molecule has 4 heteroatoms. The highest BCUT2D eigenvalue weighted by Crippen LogP contribution is 2.20. The number of hydrogen-bond acceptors (Lipinski definition) is 4. The molecule has 0 radical (unpaired) electrons. The molecule has 18 heavy (non-hydrogen) atoms. The topological polar surface area (TPSA) is 33.2 Å². The third kappa shape index (κ3) is 3.62. The largest absolute Gasteiger partial charge is 0.300 e. The highest BCUT2D eigenvalue weighted by Gasteiger charge is 2.22. The summed E-state index contributed by atoms with van der Waals surface area (Å²) in [5.41, 5.74) is 1.20. The maximum Gasteiger partial charge on any atom is 0.133 e. The fraction of sp³-hybridized carbons (Fsp3) is 0.714. The molecule has 1 saturated heterocycles. The number of carbonyl (C=O) groups is 1. The normalized spacial score (nSPS) is 18.1. The van der Waals surface area contributed by atoms with Gasteiger partial charge < -0.3 is 0 Å². The first-order valence-corrected chi connectivity index (χ1v) is 7.73. The number of carbonyl (C=O) groups excluding carboxylic acids is 1. The minimum absolute atomic E-state index is 0.298. The van der Waals surface area contributed by atoms with Crippen LogP contribution in [-0.2, 0) is 17.8 Å². The van der Waals surface area contributed by atoms with Gasteiger partial charge in [0, 0.05) is 17.8 Å². The van der Waals surface area contributed by atoms with Crippen LogP contribution in [0.3, 0.4) is 0 Å². The summed E-state index contributed by atoms with van der Waals surface area (Å²) < 4.78 is 0. The van der Waals surface area contributed by atoms with Crippen LogP contribution in [0, 0.1) is 5.92 Å². The van der Waals surface area contributed by atoms with Gasteiger partial charge >= 0.3 is 0 Å². The number of ketones is 1. The Bertz CT molecular complexity index is 394. The Balaban J connectivity index is 1.81. The Kier molecular flexibility index (Phi) is 4.89. The van der Waals surface area contributed by atoms with Crippen molar-refractivity contribution < 1.29 is 4.79 Å². The van der Waals surface area contributed by atoms with E-state index in [2.05, 4.69) is 22.2 Å². The van der Waals surface area contributed by atoms with E-state index in [4.69, 9.17) is 0 Å². The van der Waals surface area contributed by atoms with E-state index < -0.39 is 0 Å². The molecule has 0 aliphatic carbocycles. The number of rotatable bonds is 5. The van der Waals surface area contributed by atoms with Gasteiger partial charge in [-0.1, -0.05) is 6.92 Å². The van der Waals surface area contributed by atoms with Crippen molar-refractivity contribution in [2.75, 3.05) is 13.1 Å². The zero-order chi connectivity index (χ0) is 13.0. The van der Waals surface area contributed by atoms with Crippen molar-refractivity contribution >= 4 is 17.1 Å². The van der Waals surface area contributed by atoms with Gasteiger partial charge in [0.05, 0.1) is 10.7 Å². The molecule has 1 aromatic rings. The molecule has 0 N–H and O–H groups in total. The van der Waals surface area contributed by atoms with Gasteiger partial charge in [0.15, 0.2) is 0 Å². The van der Waals surface area contributed by atoms with E-state index in [1.807, 2.05) is 0 Å². The van der Waals surface area contributed by atoms with Gasteiger partial charge in [-0.05, 0) is 45.7 Å². The molecular formula is C14H22N2OS. The van der Waals surface area contributed by atoms with E-state index in [-0.39, 0.29) is 0 Å². The Morgan fingerprint density at radius 2 is 2.22 bits per heavy atom. The van der Waals surface area contributed by atoms with Crippen LogP contribution in [0.4, 0.5) is 0 Å². The molecular weight excluding hydrogens is 244 g/mol. The lowest BCUT2D eigenvalue weighted by molar-refractivity contribution is -0.122. The molecule has 100 valence electrons. The molecule has 0 saturated carbocycles. The van der Waals surface area contributed by atoms with Crippen LogP contribution in [0.1, 0.15) is 43.8 Å². The highest BCUT2D eigenvalue weighted by atomic mass is 32.1. The van der Waals surface area contributed by atoms with E-state index in [0.29, 0.717) is 11.7 Å². The molecule has 1 fully saturated rings. The summed E-state index contributed by atoms with van der Waals surface area (Å²) >= 11 is 1.78. The lowest BCUT2D eigenvalue weighted by Crippen LogP contribution is -2.35. The van der Waals surface area contributed by atoms with Gasteiger partial charge in [-0.25, -0.2) is 4.98 Å². The average molecular weight is 266 g/mol. The van der Waals surface area contributed by atoms with Crippen LogP contribution in [0.25, 0.3) is 0 Å². The fourth-order valence-corrected chi connectivity index (χ4v) is 3.37. The van der Waals surface area contributed by atoms with Gasteiger partial charge in [0.25, 0.3) is 0 Å². The first-order chi connectivity index (χ1) is 8.69. The molecule has 0 spiro atoms. The summed E-state index contributed by atoms with van der Waals surface area (Å²) in [6.45, 7) is 6.92. The number of aromatic nitrogens is 1. The standard InChI is InChI=1S/C14H22N2OS/c1-3-4-14-15-13(10-18-14)9-16-7-5-12(6-8-16)11(2)17/h10,12H,3-9H2,1-2H3. The van der Waals surface area contributed by atoms with Crippen LogP contribution >= 0.6 is 11.3 Å². The SMILES string of the molecule is CCCc1nc(CN2CCC(C(C)=O)CC2)cs1. The van der Waals surface area contributed by atoms with E-state index in [9.17, 15) is 4.79 Å². The molecule has 0 aromatic carbocycles. The van der Waals surface area contributed by atoms with Crippen molar-refractivity contribution in [1.29, 1.82) is 0 Å². The molecule has 1 aromatic heterocycles. The zero-order valence-electron chi connectivity index (χ0n) is 11.3. The number of hydrogen-bond donors (Lipinski definition) is 0. The molecule has 1 aliphatic rings. The predicted octanol–water partition coefficient (Wildman–Crippen LogP) is 2.90. The summed E-state index contributed by atoms with van der Waals surface area (Å²) in [6.07, 6.45) is 4.29.